The van der Waals surface area contributed by atoms with E-state index < -0.39 is 15.6 Å². The Hall–Kier alpha value is -1.97. The van der Waals surface area contributed by atoms with E-state index in [9.17, 15) is 18.0 Å². The fourth-order valence-electron chi connectivity index (χ4n) is 3.36. The number of morpholine rings is 1. The van der Waals surface area contributed by atoms with Gasteiger partial charge in [-0.2, -0.15) is 4.31 Å². The van der Waals surface area contributed by atoms with Gasteiger partial charge in [-0.1, -0.05) is 0 Å². The van der Waals surface area contributed by atoms with Gasteiger partial charge in [-0.25, -0.2) is 8.42 Å². The number of anilines is 1. The van der Waals surface area contributed by atoms with E-state index in [4.69, 9.17) is 9.47 Å². The van der Waals surface area contributed by atoms with Crippen molar-refractivity contribution in [3.8, 4) is 5.75 Å². The van der Waals surface area contributed by atoms with Gasteiger partial charge in [0.1, 0.15) is 10.6 Å². The predicted octanol–water partition coefficient (Wildman–Crippen LogP) is 1.54. The largest absolute Gasteiger partial charge is 0.495 e. The van der Waals surface area contributed by atoms with Gasteiger partial charge in [0.25, 0.3) is 0 Å². The van der Waals surface area contributed by atoms with Crippen molar-refractivity contribution in [3.63, 3.8) is 0 Å². The fourth-order valence-corrected chi connectivity index (χ4v) is 5.39. The van der Waals surface area contributed by atoms with Crippen LogP contribution in [0.15, 0.2) is 23.1 Å². The van der Waals surface area contributed by atoms with E-state index in [1.54, 1.807) is 13.8 Å². The highest BCUT2D eigenvalue weighted by Gasteiger charge is 2.43. The van der Waals surface area contributed by atoms with Gasteiger partial charge in [0, 0.05) is 19.4 Å². The Bertz CT molecular complexity index is 864. The lowest BCUT2D eigenvalue weighted by Crippen LogP contribution is -2.57. The molecule has 9 heteroatoms. The van der Waals surface area contributed by atoms with Crippen LogP contribution in [0.5, 0.6) is 5.75 Å². The molecule has 2 aliphatic rings. The first-order valence-electron chi connectivity index (χ1n) is 8.76. The van der Waals surface area contributed by atoms with E-state index >= 15 is 0 Å². The normalized spacial score (nSPS) is 23.7. The summed E-state index contributed by atoms with van der Waals surface area (Å²) in [5, 5.41) is 0. The van der Waals surface area contributed by atoms with Gasteiger partial charge >= 0.3 is 0 Å². The lowest BCUT2D eigenvalue weighted by Gasteiger charge is -2.43. The summed E-state index contributed by atoms with van der Waals surface area (Å²) in [6.45, 7) is 5.86. The van der Waals surface area contributed by atoms with Gasteiger partial charge in [0.2, 0.25) is 21.8 Å². The average Bonchev–Trinajstić information content (AvgIpc) is 2.95. The number of sulfonamides is 1. The van der Waals surface area contributed by atoms with E-state index in [1.807, 2.05) is 6.92 Å². The average molecular weight is 396 g/mol. The third-order valence-corrected chi connectivity index (χ3v) is 6.94. The summed E-state index contributed by atoms with van der Waals surface area (Å²) in [5.74, 6) is -0.518. The monoisotopic (exact) mass is 396 g/mol. The number of carbonyl (C=O) groups is 2. The Kier molecular flexibility index (Phi) is 5.04. The third-order valence-electron chi connectivity index (χ3n) is 4.84. The molecule has 2 amide bonds. The summed E-state index contributed by atoms with van der Waals surface area (Å²) in [7, 11) is -2.57. The first kappa shape index (κ1) is 19.8. The topological polar surface area (TPSA) is 93.2 Å². The minimum atomic E-state index is -3.95. The minimum Gasteiger partial charge on any atom is -0.495 e. The second-order valence-corrected chi connectivity index (χ2v) is 9.26. The third kappa shape index (κ3) is 3.46. The number of imide groups is 1. The molecule has 1 aromatic rings. The maximum atomic E-state index is 13.5. The molecule has 2 fully saturated rings. The predicted molar refractivity (Wildman–Crippen MR) is 98.1 cm³/mol. The molecular formula is C18H24N2O6S. The molecule has 27 heavy (non-hydrogen) atoms. The number of carbonyl (C=O) groups excluding carboxylic acids is 2. The summed E-state index contributed by atoms with van der Waals surface area (Å²) in [6.07, 6.45) is 0.00534. The van der Waals surface area contributed by atoms with Crippen LogP contribution in [0.3, 0.4) is 0 Å². The number of hydrogen-bond donors (Lipinski definition) is 0. The molecule has 0 aliphatic carbocycles. The van der Waals surface area contributed by atoms with Gasteiger partial charge in [-0.3, -0.25) is 14.5 Å². The van der Waals surface area contributed by atoms with Crippen LogP contribution < -0.4 is 9.64 Å². The molecule has 3 rings (SSSR count). The van der Waals surface area contributed by atoms with Crippen LogP contribution in [0.4, 0.5) is 5.69 Å². The Morgan fingerprint density at radius 1 is 1.19 bits per heavy atom. The molecule has 1 unspecified atom stereocenters. The number of amides is 2. The number of benzene rings is 1. The van der Waals surface area contributed by atoms with Gasteiger partial charge < -0.3 is 9.47 Å². The maximum Gasteiger partial charge on any atom is 0.247 e. The standard InChI is InChI=1S/C18H24N2O6S/c1-12-10-19(18(2,3)11-26-12)27(23,24)15-9-13(5-6-14(15)25-4)20-16(21)7-8-17(20)22/h5-6,9,12H,7-8,10-11H2,1-4H3. The molecule has 1 atom stereocenters. The Morgan fingerprint density at radius 2 is 1.81 bits per heavy atom. The van der Waals surface area contributed by atoms with Gasteiger partial charge in [-0.15, -0.1) is 0 Å². The summed E-state index contributed by atoms with van der Waals surface area (Å²) in [4.78, 5) is 25.1. The maximum absolute atomic E-state index is 13.5. The van der Waals surface area contributed by atoms with Crippen molar-refractivity contribution in [1.29, 1.82) is 0 Å². The zero-order valence-corrected chi connectivity index (χ0v) is 16.7. The van der Waals surface area contributed by atoms with Crippen molar-refractivity contribution in [1.82, 2.24) is 4.31 Å². The van der Waals surface area contributed by atoms with Crippen LogP contribution in [0.25, 0.3) is 0 Å². The second-order valence-electron chi connectivity index (χ2n) is 7.43. The molecule has 0 aromatic heterocycles. The van der Waals surface area contributed by atoms with Gasteiger partial charge in [-0.05, 0) is 39.0 Å². The molecule has 0 saturated carbocycles. The molecule has 2 aliphatic heterocycles. The first-order chi connectivity index (χ1) is 12.6. The first-order valence-corrected chi connectivity index (χ1v) is 10.2. The molecule has 2 heterocycles. The van der Waals surface area contributed by atoms with Crippen LogP contribution in [0.1, 0.15) is 33.6 Å². The number of nitrogens with zero attached hydrogens (tertiary/aromatic N) is 2. The van der Waals surface area contributed by atoms with Crippen molar-refractivity contribution < 1.29 is 27.5 Å². The molecule has 0 spiro atoms. The highest BCUT2D eigenvalue weighted by atomic mass is 32.2. The highest BCUT2D eigenvalue weighted by molar-refractivity contribution is 7.89. The van der Waals surface area contributed by atoms with E-state index in [2.05, 4.69) is 0 Å². The molecule has 148 valence electrons. The lowest BCUT2D eigenvalue weighted by atomic mass is 10.1. The molecule has 1 aromatic carbocycles. The molecule has 0 bridgehead atoms. The number of ether oxygens (including phenoxy) is 2. The van der Waals surface area contributed by atoms with Crippen LogP contribution >= 0.6 is 0 Å². The second kappa shape index (κ2) is 6.88. The van der Waals surface area contributed by atoms with Crippen molar-refractivity contribution in [2.75, 3.05) is 25.2 Å². The van der Waals surface area contributed by atoms with Crippen LogP contribution in [-0.4, -0.2) is 56.4 Å². The molecule has 2 saturated heterocycles. The smallest absolute Gasteiger partial charge is 0.247 e. The summed E-state index contributed by atoms with van der Waals surface area (Å²) >= 11 is 0. The summed E-state index contributed by atoms with van der Waals surface area (Å²) in [5.41, 5.74) is -0.507. The quantitative estimate of drug-likeness (QED) is 0.717. The highest BCUT2D eigenvalue weighted by Crippen LogP contribution is 2.36. The van der Waals surface area contributed by atoms with Gasteiger partial charge in [0.05, 0.1) is 31.0 Å². The fraction of sp³-hybridized carbons (Fsp3) is 0.556. The molecule has 8 nitrogen and oxygen atoms in total. The number of methoxy groups -OCH3 is 1. The van der Waals surface area contributed by atoms with Crippen molar-refractivity contribution in [2.45, 2.75) is 50.2 Å². The van der Waals surface area contributed by atoms with E-state index in [0.717, 1.165) is 4.90 Å². The van der Waals surface area contributed by atoms with Gasteiger partial charge in [0.15, 0.2) is 0 Å². The summed E-state index contributed by atoms with van der Waals surface area (Å²) < 4.78 is 39.2. The van der Waals surface area contributed by atoms with Crippen molar-refractivity contribution in [2.24, 2.45) is 0 Å². The Balaban J connectivity index is 2.10. The number of rotatable bonds is 4. The minimum absolute atomic E-state index is 0.0721. The molecule has 0 radical (unpaired) electrons. The number of hydrogen-bond acceptors (Lipinski definition) is 6. The van der Waals surface area contributed by atoms with Crippen LogP contribution in [0.2, 0.25) is 0 Å². The van der Waals surface area contributed by atoms with E-state index in [-0.39, 0.29) is 60.2 Å². The Labute approximate surface area is 159 Å². The molecular weight excluding hydrogens is 372 g/mol. The van der Waals surface area contributed by atoms with Crippen molar-refractivity contribution in [3.05, 3.63) is 18.2 Å². The molecule has 0 N–H and O–H groups in total. The zero-order chi connectivity index (χ0) is 20.0. The summed E-state index contributed by atoms with van der Waals surface area (Å²) in [6, 6.07) is 4.33. The SMILES string of the molecule is COc1ccc(N2C(=O)CCC2=O)cc1S(=O)(=O)N1CC(C)OCC1(C)C. The van der Waals surface area contributed by atoms with E-state index in [0.29, 0.717) is 0 Å². The Morgan fingerprint density at radius 3 is 2.41 bits per heavy atom. The van der Waals surface area contributed by atoms with Crippen LogP contribution in [0, 0.1) is 0 Å². The van der Waals surface area contributed by atoms with E-state index in [1.165, 1.54) is 29.6 Å². The van der Waals surface area contributed by atoms with Crippen LogP contribution in [-0.2, 0) is 24.3 Å². The lowest BCUT2D eigenvalue weighted by molar-refractivity contribution is -0.121. The van der Waals surface area contributed by atoms with Crippen molar-refractivity contribution >= 4 is 27.5 Å². The zero-order valence-electron chi connectivity index (χ0n) is 15.9.